The Bertz CT molecular complexity index is 290. The van der Waals surface area contributed by atoms with Crippen molar-refractivity contribution in [3.05, 3.63) is 0 Å². The molecule has 3 rings (SSSR count). The van der Waals surface area contributed by atoms with Crippen LogP contribution in [0.3, 0.4) is 0 Å². The Balaban J connectivity index is 1.49. The van der Waals surface area contributed by atoms with E-state index in [9.17, 15) is 0 Å². The van der Waals surface area contributed by atoms with Crippen molar-refractivity contribution in [1.29, 1.82) is 0 Å². The molecule has 2 saturated heterocycles. The Kier molecular flexibility index (Phi) is 4.45. The van der Waals surface area contributed by atoms with Gasteiger partial charge in [-0.05, 0) is 57.3 Å². The summed E-state index contributed by atoms with van der Waals surface area (Å²) in [6.07, 6.45) is 5.82. The van der Waals surface area contributed by atoms with Crippen LogP contribution in [-0.2, 0) is 0 Å². The zero-order valence-corrected chi connectivity index (χ0v) is 12.8. The average Bonchev–Trinajstić information content (AvgIpc) is 3.10. The molecule has 2 heterocycles. The molecule has 1 N–H and O–H groups in total. The molecule has 110 valence electrons. The van der Waals surface area contributed by atoms with Gasteiger partial charge in [0, 0.05) is 25.2 Å². The molecule has 19 heavy (non-hydrogen) atoms. The summed E-state index contributed by atoms with van der Waals surface area (Å²) in [4.78, 5) is 5.36. The number of nitrogens with one attached hydrogen (secondary N) is 1. The van der Waals surface area contributed by atoms with Crippen molar-refractivity contribution >= 4 is 0 Å². The molecule has 0 bridgehead atoms. The SMILES string of the molecule is CCN(CC)C1CCN(CC2NCC3CCCC32)C1. The van der Waals surface area contributed by atoms with E-state index in [2.05, 4.69) is 29.0 Å². The van der Waals surface area contributed by atoms with Crippen molar-refractivity contribution in [1.82, 2.24) is 15.1 Å². The van der Waals surface area contributed by atoms with Crippen LogP contribution in [-0.4, -0.2) is 61.2 Å². The van der Waals surface area contributed by atoms with E-state index in [1.54, 1.807) is 0 Å². The highest BCUT2D eigenvalue weighted by Crippen LogP contribution is 2.38. The monoisotopic (exact) mass is 265 g/mol. The molecule has 0 spiro atoms. The Morgan fingerprint density at radius 2 is 2.00 bits per heavy atom. The molecular formula is C16H31N3. The first-order chi connectivity index (χ1) is 9.31. The van der Waals surface area contributed by atoms with Crippen molar-refractivity contribution in [2.75, 3.05) is 39.3 Å². The van der Waals surface area contributed by atoms with Gasteiger partial charge in [0.2, 0.25) is 0 Å². The lowest BCUT2D eigenvalue weighted by molar-refractivity contribution is 0.201. The molecule has 3 aliphatic rings. The molecule has 4 atom stereocenters. The Morgan fingerprint density at radius 3 is 2.79 bits per heavy atom. The van der Waals surface area contributed by atoms with E-state index in [4.69, 9.17) is 0 Å². The van der Waals surface area contributed by atoms with E-state index < -0.39 is 0 Å². The maximum Gasteiger partial charge on any atom is 0.0235 e. The molecule has 0 radical (unpaired) electrons. The highest BCUT2D eigenvalue weighted by atomic mass is 15.3. The van der Waals surface area contributed by atoms with Gasteiger partial charge in [0.25, 0.3) is 0 Å². The molecule has 3 heteroatoms. The second-order valence-corrected chi connectivity index (χ2v) is 6.79. The van der Waals surface area contributed by atoms with Crippen molar-refractivity contribution < 1.29 is 0 Å². The number of likely N-dealkylation sites (N-methyl/N-ethyl adjacent to an activating group) is 1. The summed E-state index contributed by atoms with van der Waals surface area (Å²) in [6.45, 7) is 12.2. The molecule has 1 saturated carbocycles. The standard InChI is InChI=1S/C16H31N3/c1-3-19(4-2)14-8-9-18(11-14)12-16-15-7-5-6-13(15)10-17-16/h13-17H,3-12H2,1-2H3. The van der Waals surface area contributed by atoms with Gasteiger partial charge in [0.15, 0.2) is 0 Å². The molecule has 2 aliphatic heterocycles. The lowest BCUT2D eigenvalue weighted by Crippen LogP contribution is -2.42. The predicted molar refractivity (Wildman–Crippen MR) is 80.4 cm³/mol. The van der Waals surface area contributed by atoms with E-state index in [0.717, 1.165) is 23.9 Å². The van der Waals surface area contributed by atoms with E-state index in [0.29, 0.717) is 0 Å². The highest BCUT2D eigenvalue weighted by molar-refractivity contribution is 4.96. The smallest absolute Gasteiger partial charge is 0.0235 e. The van der Waals surface area contributed by atoms with Gasteiger partial charge in [-0.2, -0.15) is 0 Å². The van der Waals surface area contributed by atoms with E-state index in [1.807, 2.05) is 0 Å². The van der Waals surface area contributed by atoms with Crippen LogP contribution < -0.4 is 5.32 Å². The van der Waals surface area contributed by atoms with Gasteiger partial charge in [0.1, 0.15) is 0 Å². The third kappa shape index (κ3) is 2.84. The minimum atomic E-state index is 0.794. The molecule has 0 amide bonds. The van der Waals surface area contributed by atoms with Crippen LogP contribution in [0.25, 0.3) is 0 Å². The van der Waals surface area contributed by atoms with Crippen molar-refractivity contribution in [2.45, 2.75) is 51.6 Å². The predicted octanol–water partition coefficient (Wildman–Crippen LogP) is 1.79. The van der Waals surface area contributed by atoms with Crippen LogP contribution in [0.2, 0.25) is 0 Å². The first-order valence-corrected chi connectivity index (χ1v) is 8.51. The first-order valence-electron chi connectivity index (χ1n) is 8.51. The Morgan fingerprint density at radius 1 is 1.16 bits per heavy atom. The lowest BCUT2D eigenvalue weighted by atomic mass is 9.94. The summed E-state index contributed by atoms with van der Waals surface area (Å²) < 4.78 is 0. The number of likely N-dealkylation sites (tertiary alicyclic amines) is 1. The minimum absolute atomic E-state index is 0.794. The van der Waals surface area contributed by atoms with Crippen molar-refractivity contribution in [2.24, 2.45) is 11.8 Å². The summed E-state index contributed by atoms with van der Waals surface area (Å²) in [5.74, 6) is 2.00. The van der Waals surface area contributed by atoms with Crippen LogP contribution in [0.4, 0.5) is 0 Å². The van der Waals surface area contributed by atoms with Gasteiger partial charge in [-0.15, -0.1) is 0 Å². The third-order valence-electron chi connectivity index (χ3n) is 5.91. The number of nitrogens with zero attached hydrogens (tertiary/aromatic N) is 2. The first kappa shape index (κ1) is 13.8. The van der Waals surface area contributed by atoms with Crippen molar-refractivity contribution in [3.63, 3.8) is 0 Å². The van der Waals surface area contributed by atoms with Gasteiger partial charge in [0.05, 0.1) is 0 Å². The fraction of sp³-hybridized carbons (Fsp3) is 1.00. The summed E-state index contributed by atoms with van der Waals surface area (Å²) in [6, 6.07) is 1.61. The third-order valence-corrected chi connectivity index (χ3v) is 5.91. The number of fused-ring (bicyclic) bond motifs is 1. The molecule has 4 unspecified atom stereocenters. The molecule has 1 aliphatic carbocycles. The van der Waals surface area contributed by atoms with E-state index in [-0.39, 0.29) is 0 Å². The molecule has 0 aromatic rings. The van der Waals surface area contributed by atoms with Crippen molar-refractivity contribution in [3.8, 4) is 0 Å². The summed E-state index contributed by atoms with van der Waals surface area (Å²) in [5.41, 5.74) is 0. The molecular weight excluding hydrogens is 234 g/mol. The lowest BCUT2D eigenvalue weighted by Gasteiger charge is -2.28. The van der Waals surface area contributed by atoms with Gasteiger partial charge in [-0.3, -0.25) is 4.90 Å². The highest BCUT2D eigenvalue weighted by Gasteiger charge is 2.40. The van der Waals surface area contributed by atoms with Crippen LogP contribution in [0.15, 0.2) is 0 Å². The zero-order chi connectivity index (χ0) is 13.2. The number of rotatable bonds is 5. The maximum absolute atomic E-state index is 3.80. The quantitative estimate of drug-likeness (QED) is 0.817. The number of hydrogen-bond acceptors (Lipinski definition) is 3. The van der Waals surface area contributed by atoms with Crippen LogP contribution in [0.5, 0.6) is 0 Å². The van der Waals surface area contributed by atoms with Gasteiger partial charge in [-0.25, -0.2) is 0 Å². The van der Waals surface area contributed by atoms with E-state index in [1.165, 1.54) is 65.0 Å². The Hall–Kier alpha value is -0.120. The van der Waals surface area contributed by atoms with Crippen LogP contribution >= 0.6 is 0 Å². The second-order valence-electron chi connectivity index (χ2n) is 6.79. The fourth-order valence-corrected chi connectivity index (χ4v) is 4.80. The zero-order valence-electron chi connectivity index (χ0n) is 12.8. The largest absolute Gasteiger partial charge is 0.312 e. The molecule has 3 fully saturated rings. The van der Waals surface area contributed by atoms with Gasteiger partial charge in [-0.1, -0.05) is 20.3 Å². The number of hydrogen-bond donors (Lipinski definition) is 1. The second kappa shape index (κ2) is 6.11. The topological polar surface area (TPSA) is 18.5 Å². The van der Waals surface area contributed by atoms with Gasteiger partial charge < -0.3 is 10.2 Å². The van der Waals surface area contributed by atoms with Crippen LogP contribution in [0.1, 0.15) is 39.5 Å². The average molecular weight is 265 g/mol. The normalized spacial score (nSPS) is 39.3. The fourth-order valence-electron chi connectivity index (χ4n) is 4.80. The molecule has 3 nitrogen and oxygen atoms in total. The minimum Gasteiger partial charge on any atom is -0.312 e. The summed E-state index contributed by atoms with van der Waals surface area (Å²) in [7, 11) is 0. The van der Waals surface area contributed by atoms with Gasteiger partial charge >= 0.3 is 0 Å². The molecule has 0 aromatic carbocycles. The Labute approximate surface area is 118 Å². The van der Waals surface area contributed by atoms with E-state index >= 15 is 0 Å². The summed E-state index contributed by atoms with van der Waals surface area (Å²) >= 11 is 0. The van der Waals surface area contributed by atoms with Crippen LogP contribution in [0, 0.1) is 11.8 Å². The maximum atomic E-state index is 3.80. The summed E-state index contributed by atoms with van der Waals surface area (Å²) in [5, 5.41) is 3.80. The molecule has 0 aromatic heterocycles.